The molecule has 1 atom stereocenters. The van der Waals surface area contributed by atoms with Gasteiger partial charge in [0.05, 0.1) is 0 Å². The zero-order chi connectivity index (χ0) is 10.9. The summed E-state index contributed by atoms with van der Waals surface area (Å²) in [4.78, 5) is 0. The second-order valence-electron chi connectivity index (χ2n) is 2.66. The molecule has 0 radical (unpaired) electrons. The number of benzene rings is 1. The number of aliphatic hydroxyl groups excluding tert-OH is 1. The van der Waals surface area contributed by atoms with Crippen LogP contribution in [0.15, 0.2) is 18.2 Å². The summed E-state index contributed by atoms with van der Waals surface area (Å²) in [5.41, 5.74) is -0.766. The van der Waals surface area contributed by atoms with E-state index in [0.717, 1.165) is 18.2 Å². The number of hydrogen-bond donors (Lipinski definition) is 3. The lowest BCUT2D eigenvalue weighted by Gasteiger charge is -2.16. The van der Waals surface area contributed by atoms with E-state index in [9.17, 15) is 13.2 Å². The molecule has 3 N–H and O–H groups in total. The molecule has 0 saturated heterocycles. The van der Waals surface area contributed by atoms with Crippen molar-refractivity contribution in [3.63, 3.8) is 0 Å². The Morgan fingerprint density at radius 2 is 1.71 bits per heavy atom. The third-order valence-electron chi connectivity index (χ3n) is 1.65. The lowest BCUT2D eigenvalue weighted by Crippen LogP contribution is -2.20. The normalized spacial score (nSPS) is 14.0. The summed E-state index contributed by atoms with van der Waals surface area (Å²) in [7, 11) is 0. The highest BCUT2D eigenvalue weighted by molar-refractivity contribution is 5.45. The van der Waals surface area contributed by atoms with Crippen molar-refractivity contribution in [1.29, 1.82) is 0 Å². The highest BCUT2D eigenvalue weighted by Crippen LogP contribution is 2.39. The monoisotopic (exact) mass is 208 g/mol. The van der Waals surface area contributed by atoms with Crippen LogP contribution < -0.4 is 0 Å². The topological polar surface area (TPSA) is 60.7 Å². The fraction of sp³-hybridized carbons (Fsp3) is 0.250. The lowest BCUT2D eigenvalue weighted by molar-refractivity contribution is -0.207. The van der Waals surface area contributed by atoms with Gasteiger partial charge in [-0.1, -0.05) is 12.1 Å². The maximum absolute atomic E-state index is 12.0. The SMILES string of the molecule is Oc1cccc([C@H](O)C(F)(F)F)c1O. The summed E-state index contributed by atoms with van der Waals surface area (Å²) < 4.78 is 36.0. The fourth-order valence-electron chi connectivity index (χ4n) is 0.946. The number of hydrogen-bond acceptors (Lipinski definition) is 3. The molecule has 0 saturated carbocycles. The number of rotatable bonds is 1. The largest absolute Gasteiger partial charge is 0.504 e. The van der Waals surface area contributed by atoms with Gasteiger partial charge in [-0.25, -0.2) is 0 Å². The Morgan fingerprint density at radius 3 is 2.21 bits per heavy atom. The molecule has 0 heterocycles. The molecule has 1 aromatic carbocycles. The van der Waals surface area contributed by atoms with Crippen molar-refractivity contribution < 1.29 is 28.5 Å². The van der Waals surface area contributed by atoms with Crippen molar-refractivity contribution in [3.05, 3.63) is 23.8 Å². The van der Waals surface area contributed by atoms with Crippen LogP contribution in [-0.2, 0) is 0 Å². The summed E-state index contributed by atoms with van der Waals surface area (Å²) in [6.45, 7) is 0. The minimum atomic E-state index is -4.87. The van der Waals surface area contributed by atoms with Crippen molar-refractivity contribution >= 4 is 0 Å². The Balaban J connectivity index is 3.14. The first kappa shape index (κ1) is 10.6. The highest BCUT2D eigenvalue weighted by Gasteiger charge is 2.41. The van der Waals surface area contributed by atoms with Gasteiger partial charge in [0.15, 0.2) is 17.6 Å². The first-order chi connectivity index (χ1) is 6.34. The molecule has 78 valence electrons. The smallest absolute Gasteiger partial charge is 0.418 e. The zero-order valence-corrected chi connectivity index (χ0v) is 6.78. The molecule has 14 heavy (non-hydrogen) atoms. The predicted molar refractivity (Wildman–Crippen MR) is 40.8 cm³/mol. The quantitative estimate of drug-likeness (QED) is 0.615. The van der Waals surface area contributed by atoms with Crippen LogP contribution in [0, 0.1) is 0 Å². The van der Waals surface area contributed by atoms with E-state index in [1.54, 1.807) is 0 Å². The van der Waals surface area contributed by atoms with Crippen LogP contribution in [0.3, 0.4) is 0 Å². The number of alkyl halides is 3. The van der Waals surface area contributed by atoms with E-state index >= 15 is 0 Å². The third kappa shape index (κ3) is 1.90. The minimum Gasteiger partial charge on any atom is -0.504 e. The first-order valence-corrected chi connectivity index (χ1v) is 3.59. The van der Waals surface area contributed by atoms with Crippen molar-refractivity contribution in [2.24, 2.45) is 0 Å². The molecule has 0 aliphatic heterocycles. The second kappa shape index (κ2) is 3.38. The third-order valence-corrected chi connectivity index (χ3v) is 1.65. The van der Waals surface area contributed by atoms with Gasteiger partial charge in [0.25, 0.3) is 0 Å². The molecule has 0 fully saturated rings. The van der Waals surface area contributed by atoms with E-state index in [1.165, 1.54) is 0 Å². The van der Waals surface area contributed by atoms with Gasteiger partial charge in [0.1, 0.15) is 0 Å². The van der Waals surface area contributed by atoms with Gasteiger partial charge in [-0.2, -0.15) is 13.2 Å². The predicted octanol–water partition coefficient (Wildman–Crippen LogP) is 1.69. The molecule has 0 aliphatic rings. The molecule has 3 nitrogen and oxygen atoms in total. The van der Waals surface area contributed by atoms with E-state index in [0.29, 0.717) is 0 Å². The molecular weight excluding hydrogens is 201 g/mol. The molecule has 0 aromatic heterocycles. The zero-order valence-electron chi connectivity index (χ0n) is 6.78. The van der Waals surface area contributed by atoms with Crippen molar-refractivity contribution in [3.8, 4) is 11.5 Å². The lowest BCUT2D eigenvalue weighted by atomic mass is 10.1. The highest BCUT2D eigenvalue weighted by atomic mass is 19.4. The van der Waals surface area contributed by atoms with Crippen LogP contribution in [0.25, 0.3) is 0 Å². The Kier molecular flexibility index (Phi) is 2.57. The van der Waals surface area contributed by atoms with E-state index < -0.39 is 29.3 Å². The number of para-hydroxylation sites is 1. The summed E-state index contributed by atoms with van der Waals surface area (Å²) in [5, 5.41) is 26.7. The Hall–Kier alpha value is -1.43. The van der Waals surface area contributed by atoms with Crippen LogP contribution in [-0.4, -0.2) is 21.5 Å². The number of aromatic hydroxyl groups is 2. The fourth-order valence-corrected chi connectivity index (χ4v) is 0.946. The van der Waals surface area contributed by atoms with Crippen LogP contribution in [0.4, 0.5) is 13.2 Å². The van der Waals surface area contributed by atoms with Gasteiger partial charge in [-0.15, -0.1) is 0 Å². The number of aliphatic hydroxyl groups is 1. The molecule has 0 spiro atoms. The summed E-state index contributed by atoms with van der Waals surface area (Å²) in [6.07, 6.45) is -7.67. The summed E-state index contributed by atoms with van der Waals surface area (Å²) in [5.74, 6) is -1.66. The van der Waals surface area contributed by atoms with Crippen LogP contribution in [0.1, 0.15) is 11.7 Å². The molecule has 0 bridgehead atoms. The maximum Gasteiger partial charge on any atom is 0.418 e. The van der Waals surface area contributed by atoms with Gasteiger partial charge >= 0.3 is 6.18 Å². The molecule has 0 amide bonds. The van der Waals surface area contributed by atoms with E-state index in [1.807, 2.05) is 0 Å². The molecule has 1 rings (SSSR count). The minimum absolute atomic E-state index is 0.703. The van der Waals surface area contributed by atoms with Crippen LogP contribution >= 0.6 is 0 Å². The number of halogens is 3. The van der Waals surface area contributed by atoms with Gasteiger partial charge in [-0.3, -0.25) is 0 Å². The maximum atomic E-state index is 12.0. The van der Waals surface area contributed by atoms with Crippen LogP contribution in [0.2, 0.25) is 0 Å². The van der Waals surface area contributed by atoms with Gasteiger partial charge in [-0.05, 0) is 6.07 Å². The standard InChI is InChI=1S/C8H7F3O3/c9-8(10,11)7(14)4-2-1-3-5(12)6(4)13/h1-3,7,12-14H/t7-/m0/s1. The van der Waals surface area contributed by atoms with Gasteiger partial charge < -0.3 is 15.3 Å². The van der Waals surface area contributed by atoms with Crippen molar-refractivity contribution in [2.75, 3.05) is 0 Å². The first-order valence-electron chi connectivity index (χ1n) is 3.59. The average molecular weight is 208 g/mol. The molecule has 1 aromatic rings. The molecular formula is C8H7F3O3. The molecule has 0 unspecified atom stereocenters. The molecule has 6 heteroatoms. The number of phenolic OH excluding ortho intramolecular Hbond substituents is 2. The summed E-state index contributed by atoms with van der Waals surface area (Å²) >= 11 is 0. The van der Waals surface area contributed by atoms with E-state index in [-0.39, 0.29) is 0 Å². The van der Waals surface area contributed by atoms with E-state index in [2.05, 4.69) is 0 Å². The Bertz CT molecular complexity index is 335. The average Bonchev–Trinajstić information content (AvgIpc) is 2.07. The summed E-state index contributed by atoms with van der Waals surface area (Å²) in [6, 6.07) is 2.99. The van der Waals surface area contributed by atoms with Crippen molar-refractivity contribution in [1.82, 2.24) is 0 Å². The Morgan fingerprint density at radius 1 is 1.14 bits per heavy atom. The second-order valence-corrected chi connectivity index (χ2v) is 2.66. The van der Waals surface area contributed by atoms with Gasteiger partial charge in [0, 0.05) is 5.56 Å². The van der Waals surface area contributed by atoms with Crippen molar-refractivity contribution in [2.45, 2.75) is 12.3 Å². The Labute approximate surface area is 77.0 Å². The van der Waals surface area contributed by atoms with Gasteiger partial charge in [0.2, 0.25) is 0 Å². The van der Waals surface area contributed by atoms with Crippen LogP contribution in [0.5, 0.6) is 11.5 Å². The van der Waals surface area contributed by atoms with E-state index in [4.69, 9.17) is 15.3 Å². The number of phenols is 2. The molecule has 0 aliphatic carbocycles.